The van der Waals surface area contributed by atoms with E-state index in [1.165, 1.54) is 12.1 Å². The Hall–Kier alpha value is -3.34. The van der Waals surface area contributed by atoms with Gasteiger partial charge in [0.1, 0.15) is 5.75 Å². The number of aromatic nitrogens is 2. The molecule has 0 fully saturated rings. The molecule has 4 aromatic rings. The summed E-state index contributed by atoms with van der Waals surface area (Å²) in [5, 5.41) is 24.4. The Balaban J connectivity index is 1.82. The van der Waals surface area contributed by atoms with Crippen LogP contribution in [0.1, 0.15) is 5.56 Å². The van der Waals surface area contributed by atoms with Gasteiger partial charge in [-0.2, -0.15) is 5.10 Å². The third-order valence-corrected chi connectivity index (χ3v) is 4.26. The molecule has 4 rings (SSSR count). The molecule has 0 aliphatic carbocycles. The minimum atomic E-state index is -0.662. The van der Waals surface area contributed by atoms with Gasteiger partial charge in [0, 0.05) is 11.5 Å². The number of nitrogens with zero attached hydrogens (tertiary/aromatic N) is 2. The van der Waals surface area contributed by atoms with Crippen LogP contribution in [0.5, 0.6) is 11.5 Å². The van der Waals surface area contributed by atoms with Crippen LogP contribution < -0.4 is 0 Å². The summed E-state index contributed by atoms with van der Waals surface area (Å²) in [6.45, 7) is 1.95. The summed E-state index contributed by atoms with van der Waals surface area (Å²) < 4.78 is 14.9. The molecule has 25 heavy (non-hydrogen) atoms. The molecule has 124 valence electrons. The Bertz CT molecular complexity index is 1100. The molecule has 0 aliphatic rings. The Morgan fingerprint density at radius 2 is 1.80 bits per heavy atom. The molecule has 0 amide bonds. The number of phenolic OH excluding ortho intramolecular Hbond substituents is 2. The molecular weight excluding hydrogens is 319 g/mol. The summed E-state index contributed by atoms with van der Waals surface area (Å²) in [6.07, 6.45) is 1.73. The van der Waals surface area contributed by atoms with Gasteiger partial charge < -0.3 is 10.2 Å². The van der Waals surface area contributed by atoms with Crippen molar-refractivity contribution in [1.82, 2.24) is 9.78 Å². The van der Waals surface area contributed by atoms with E-state index in [1.807, 2.05) is 31.2 Å². The van der Waals surface area contributed by atoms with E-state index in [-0.39, 0.29) is 5.75 Å². The first-order valence-electron chi connectivity index (χ1n) is 7.79. The average Bonchev–Trinajstić information content (AvgIpc) is 3.00. The smallest absolute Gasteiger partial charge is 0.164 e. The van der Waals surface area contributed by atoms with Crippen molar-refractivity contribution in [2.24, 2.45) is 0 Å². The fraction of sp³-hybridized carbons (Fsp3) is 0.0500. The quantitative estimate of drug-likeness (QED) is 0.565. The maximum Gasteiger partial charge on any atom is 0.164 e. The molecule has 0 saturated carbocycles. The van der Waals surface area contributed by atoms with E-state index >= 15 is 0 Å². The molecule has 2 N–H and O–H groups in total. The van der Waals surface area contributed by atoms with Crippen molar-refractivity contribution in [3.05, 3.63) is 72.2 Å². The number of rotatable bonds is 2. The van der Waals surface area contributed by atoms with Crippen LogP contribution in [0.4, 0.5) is 4.39 Å². The van der Waals surface area contributed by atoms with Crippen molar-refractivity contribution in [3.8, 4) is 28.3 Å². The highest BCUT2D eigenvalue weighted by atomic mass is 19.1. The fourth-order valence-electron chi connectivity index (χ4n) is 3.01. The van der Waals surface area contributed by atoms with E-state index in [9.17, 15) is 14.6 Å². The summed E-state index contributed by atoms with van der Waals surface area (Å²) in [5.74, 6) is -0.825. The van der Waals surface area contributed by atoms with E-state index in [0.717, 1.165) is 27.6 Å². The Morgan fingerprint density at radius 3 is 2.56 bits per heavy atom. The van der Waals surface area contributed by atoms with Gasteiger partial charge in [-0.3, -0.25) is 0 Å². The van der Waals surface area contributed by atoms with Crippen LogP contribution >= 0.6 is 0 Å². The van der Waals surface area contributed by atoms with Crippen molar-refractivity contribution < 1.29 is 14.6 Å². The maximum absolute atomic E-state index is 13.3. The van der Waals surface area contributed by atoms with E-state index in [2.05, 4.69) is 5.10 Å². The van der Waals surface area contributed by atoms with Crippen LogP contribution in [-0.2, 0) is 0 Å². The fourth-order valence-corrected chi connectivity index (χ4v) is 3.01. The van der Waals surface area contributed by atoms with E-state index in [0.29, 0.717) is 5.69 Å². The van der Waals surface area contributed by atoms with Crippen molar-refractivity contribution in [1.29, 1.82) is 0 Å². The maximum atomic E-state index is 13.3. The third kappa shape index (κ3) is 2.59. The standard InChI is InChI=1S/C20H15FN2O2/c1-12-8-16(24)4-5-17(12)13-2-7-19-14(9-13)11-22-23(19)15-3-6-18(21)20(25)10-15/h2-11,24-25H,1H3. The van der Waals surface area contributed by atoms with E-state index < -0.39 is 11.6 Å². The number of benzene rings is 3. The van der Waals surface area contributed by atoms with Gasteiger partial charge in [-0.1, -0.05) is 12.1 Å². The summed E-state index contributed by atoms with van der Waals surface area (Å²) in [4.78, 5) is 0. The van der Waals surface area contributed by atoms with E-state index in [1.54, 1.807) is 29.1 Å². The number of phenols is 2. The Kier molecular flexibility index (Phi) is 3.42. The normalized spacial score (nSPS) is 11.1. The van der Waals surface area contributed by atoms with Crippen molar-refractivity contribution in [2.75, 3.05) is 0 Å². The largest absolute Gasteiger partial charge is 0.508 e. The first-order chi connectivity index (χ1) is 12.0. The molecule has 3 aromatic carbocycles. The van der Waals surface area contributed by atoms with Crippen LogP contribution in [-0.4, -0.2) is 20.0 Å². The molecule has 0 bridgehead atoms. The van der Waals surface area contributed by atoms with Gasteiger partial charge >= 0.3 is 0 Å². The van der Waals surface area contributed by atoms with Crippen molar-refractivity contribution in [3.63, 3.8) is 0 Å². The molecule has 0 radical (unpaired) electrons. The van der Waals surface area contributed by atoms with Gasteiger partial charge in [-0.15, -0.1) is 0 Å². The lowest BCUT2D eigenvalue weighted by atomic mass is 9.99. The lowest BCUT2D eigenvalue weighted by molar-refractivity contribution is 0.432. The lowest BCUT2D eigenvalue weighted by Crippen LogP contribution is -1.96. The molecule has 0 aliphatic heterocycles. The zero-order valence-corrected chi connectivity index (χ0v) is 13.4. The van der Waals surface area contributed by atoms with E-state index in [4.69, 9.17) is 0 Å². The Labute approximate surface area is 143 Å². The number of halogens is 1. The predicted molar refractivity (Wildman–Crippen MR) is 94.5 cm³/mol. The van der Waals surface area contributed by atoms with Crippen molar-refractivity contribution >= 4 is 10.9 Å². The first kappa shape index (κ1) is 15.2. The molecular formula is C20H15FN2O2. The SMILES string of the molecule is Cc1cc(O)ccc1-c1ccc2c(cnn2-c2ccc(F)c(O)c2)c1. The molecule has 0 spiro atoms. The zero-order valence-electron chi connectivity index (χ0n) is 13.4. The number of fused-ring (bicyclic) bond motifs is 1. The summed E-state index contributed by atoms with van der Waals surface area (Å²) in [6, 6.07) is 15.3. The molecule has 0 saturated heterocycles. The monoisotopic (exact) mass is 334 g/mol. The molecule has 4 nitrogen and oxygen atoms in total. The molecule has 1 aromatic heterocycles. The van der Waals surface area contributed by atoms with Crippen molar-refractivity contribution in [2.45, 2.75) is 6.92 Å². The van der Waals surface area contributed by atoms with Gasteiger partial charge in [0.05, 0.1) is 17.4 Å². The first-order valence-corrected chi connectivity index (χ1v) is 7.79. The average molecular weight is 334 g/mol. The number of hydrogen-bond acceptors (Lipinski definition) is 3. The second kappa shape index (κ2) is 5.63. The third-order valence-electron chi connectivity index (χ3n) is 4.26. The van der Waals surface area contributed by atoms with Gasteiger partial charge in [-0.05, 0) is 60.0 Å². The lowest BCUT2D eigenvalue weighted by Gasteiger charge is -2.08. The van der Waals surface area contributed by atoms with Gasteiger partial charge in [0.2, 0.25) is 0 Å². The van der Waals surface area contributed by atoms with Crippen LogP contribution in [0.15, 0.2) is 60.8 Å². The van der Waals surface area contributed by atoms with Gasteiger partial charge in [0.15, 0.2) is 11.6 Å². The summed E-state index contributed by atoms with van der Waals surface area (Å²) >= 11 is 0. The highest BCUT2D eigenvalue weighted by Crippen LogP contribution is 2.30. The van der Waals surface area contributed by atoms with Gasteiger partial charge in [-0.25, -0.2) is 9.07 Å². The minimum Gasteiger partial charge on any atom is -0.508 e. The number of hydrogen-bond donors (Lipinski definition) is 2. The van der Waals surface area contributed by atoms with Crippen LogP contribution in [0.25, 0.3) is 27.7 Å². The summed E-state index contributed by atoms with van der Waals surface area (Å²) in [7, 11) is 0. The summed E-state index contributed by atoms with van der Waals surface area (Å²) in [5.41, 5.74) is 4.47. The zero-order chi connectivity index (χ0) is 17.6. The molecule has 0 unspecified atom stereocenters. The molecule has 5 heteroatoms. The Morgan fingerprint density at radius 1 is 0.960 bits per heavy atom. The highest BCUT2D eigenvalue weighted by molar-refractivity contribution is 5.86. The number of aryl methyl sites for hydroxylation is 1. The number of aromatic hydroxyl groups is 2. The minimum absolute atomic E-state index is 0.242. The highest BCUT2D eigenvalue weighted by Gasteiger charge is 2.10. The topological polar surface area (TPSA) is 58.3 Å². The molecule has 1 heterocycles. The second-order valence-electron chi connectivity index (χ2n) is 5.96. The van der Waals surface area contributed by atoms with Gasteiger partial charge in [0.25, 0.3) is 0 Å². The van der Waals surface area contributed by atoms with Crippen LogP contribution in [0.2, 0.25) is 0 Å². The van der Waals surface area contributed by atoms with Crippen LogP contribution in [0, 0.1) is 12.7 Å². The second-order valence-corrected chi connectivity index (χ2v) is 5.96. The predicted octanol–water partition coefficient (Wildman–Crippen LogP) is 4.55. The molecule has 0 atom stereocenters. The van der Waals surface area contributed by atoms with Crippen LogP contribution in [0.3, 0.4) is 0 Å².